The minimum atomic E-state index is -4.46. The summed E-state index contributed by atoms with van der Waals surface area (Å²) >= 11 is 0.924. The van der Waals surface area contributed by atoms with Crippen LogP contribution in [0.3, 0.4) is 0 Å². The summed E-state index contributed by atoms with van der Waals surface area (Å²) in [5.41, 5.74) is -0.694. The Balaban J connectivity index is 1.56. The first-order valence-corrected chi connectivity index (χ1v) is 9.33. The van der Waals surface area contributed by atoms with E-state index in [0.29, 0.717) is 37.1 Å². The minimum Gasteiger partial charge on any atom is -0.366 e. The predicted molar refractivity (Wildman–Crippen MR) is 97.5 cm³/mol. The van der Waals surface area contributed by atoms with Crippen molar-refractivity contribution in [3.63, 3.8) is 0 Å². The molecule has 0 aliphatic carbocycles. The molecule has 1 aromatic carbocycles. The second-order valence-electron chi connectivity index (χ2n) is 6.09. The number of nitrogens with one attached hydrogen (secondary N) is 1. The number of anilines is 1. The lowest BCUT2D eigenvalue weighted by Gasteiger charge is -2.37. The van der Waals surface area contributed by atoms with Gasteiger partial charge in [0.05, 0.1) is 12.2 Å². The average molecular weight is 419 g/mol. The summed E-state index contributed by atoms with van der Waals surface area (Å²) in [6.45, 7) is 2.03. The summed E-state index contributed by atoms with van der Waals surface area (Å²) in [5.74, 6) is -0.470. The lowest BCUT2D eigenvalue weighted by Crippen LogP contribution is -2.52. The SMILES string of the molecule is CN=C(NCc1nc(C(F)(F)F)cs1)N1CCN(c2cc(F)ccc2F)CC1. The molecule has 0 saturated carbocycles. The molecule has 3 rings (SSSR count). The molecule has 0 atom stereocenters. The lowest BCUT2D eigenvalue weighted by atomic mass is 10.2. The van der Waals surface area contributed by atoms with Gasteiger partial charge in [0, 0.05) is 44.7 Å². The molecular weight excluding hydrogens is 401 g/mol. The van der Waals surface area contributed by atoms with E-state index in [1.807, 2.05) is 4.90 Å². The Kier molecular flexibility index (Phi) is 6.01. The van der Waals surface area contributed by atoms with Crippen LogP contribution in [0.25, 0.3) is 0 Å². The minimum absolute atomic E-state index is 0.117. The van der Waals surface area contributed by atoms with E-state index in [2.05, 4.69) is 15.3 Å². The van der Waals surface area contributed by atoms with Crippen LogP contribution in [0.1, 0.15) is 10.7 Å². The van der Waals surface area contributed by atoms with Gasteiger partial charge in [0.15, 0.2) is 11.7 Å². The second kappa shape index (κ2) is 8.29. The maximum absolute atomic E-state index is 13.9. The van der Waals surface area contributed by atoms with Crippen molar-refractivity contribution in [2.75, 3.05) is 38.1 Å². The number of benzene rings is 1. The van der Waals surface area contributed by atoms with E-state index in [0.717, 1.165) is 28.8 Å². The van der Waals surface area contributed by atoms with Crippen molar-refractivity contribution < 1.29 is 22.0 Å². The van der Waals surface area contributed by atoms with Crippen molar-refractivity contribution in [3.8, 4) is 0 Å². The molecule has 11 heteroatoms. The summed E-state index contributed by atoms with van der Waals surface area (Å²) in [5, 5.41) is 4.28. The Bertz CT molecular complexity index is 843. The number of aromatic nitrogens is 1. The highest BCUT2D eigenvalue weighted by Gasteiger charge is 2.33. The fourth-order valence-electron chi connectivity index (χ4n) is 2.90. The number of aliphatic imine (C=N–C) groups is 1. The van der Waals surface area contributed by atoms with Crippen LogP contribution in [0.5, 0.6) is 0 Å². The highest BCUT2D eigenvalue weighted by atomic mass is 32.1. The van der Waals surface area contributed by atoms with E-state index >= 15 is 0 Å². The summed E-state index contributed by atoms with van der Waals surface area (Å²) in [7, 11) is 1.57. The maximum atomic E-state index is 13.9. The van der Waals surface area contributed by atoms with Gasteiger partial charge in [-0.3, -0.25) is 4.99 Å². The summed E-state index contributed by atoms with van der Waals surface area (Å²) in [6, 6.07) is 3.34. The molecule has 0 radical (unpaired) electrons. The van der Waals surface area contributed by atoms with E-state index in [-0.39, 0.29) is 12.2 Å². The third-order valence-corrected chi connectivity index (χ3v) is 5.13. The predicted octanol–water partition coefficient (Wildman–Crippen LogP) is 3.34. The highest BCUT2D eigenvalue weighted by Crippen LogP contribution is 2.30. The zero-order chi connectivity index (χ0) is 20.3. The second-order valence-corrected chi connectivity index (χ2v) is 7.04. The summed E-state index contributed by atoms with van der Waals surface area (Å²) < 4.78 is 65.2. The Morgan fingerprint density at radius 3 is 2.54 bits per heavy atom. The van der Waals surface area contributed by atoms with Crippen LogP contribution in [0.2, 0.25) is 0 Å². The van der Waals surface area contributed by atoms with Crippen LogP contribution in [0, 0.1) is 11.6 Å². The molecule has 2 aromatic rings. The zero-order valence-corrected chi connectivity index (χ0v) is 15.7. The number of hydrogen-bond acceptors (Lipinski definition) is 4. The molecule has 0 amide bonds. The smallest absolute Gasteiger partial charge is 0.366 e. The van der Waals surface area contributed by atoms with Gasteiger partial charge < -0.3 is 15.1 Å². The molecule has 28 heavy (non-hydrogen) atoms. The van der Waals surface area contributed by atoms with E-state index < -0.39 is 23.5 Å². The first kappa shape index (κ1) is 20.3. The molecular formula is C17H18F5N5S. The topological polar surface area (TPSA) is 43.8 Å². The Morgan fingerprint density at radius 2 is 1.93 bits per heavy atom. The number of alkyl halides is 3. The number of rotatable bonds is 3. The van der Waals surface area contributed by atoms with Gasteiger partial charge in [0.2, 0.25) is 0 Å². The monoisotopic (exact) mass is 419 g/mol. The van der Waals surface area contributed by atoms with Gasteiger partial charge >= 0.3 is 6.18 Å². The third-order valence-electron chi connectivity index (χ3n) is 4.28. The van der Waals surface area contributed by atoms with Gasteiger partial charge in [-0.1, -0.05) is 0 Å². The van der Waals surface area contributed by atoms with Crippen molar-refractivity contribution in [2.45, 2.75) is 12.7 Å². The van der Waals surface area contributed by atoms with Crippen LogP contribution in [0.4, 0.5) is 27.6 Å². The Hall–Kier alpha value is -2.43. The fraction of sp³-hybridized carbons (Fsp3) is 0.412. The fourth-order valence-corrected chi connectivity index (χ4v) is 3.64. The van der Waals surface area contributed by atoms with E-state index in [1.54, 1.807) is 11.9 Å². The molecule has 0 spiro atoms. The van der Waals surface area contributed by atoms with Crippen molar-refractivity contribution in [2.24, 2.45) is 4.99 Å². The highest BCUT2D eigenvalue weighted by molar-refractivity contribution is 7.09. The number of thiazole rings is 1. The van der Waals surface area contributed by atoms with E-state index in [9.17, 15) is 22.0 Å². The first-order chi connectivity index (χ1) is 13.3. The van der Waals surface area contributed by atoms with Gasteiger partial charge in [0.1, 0.15) is 16.6 Å². The Labute approximate surface area is 162 Å². The van der Waals surface area contributed by atoms with Gasteiger partial charge in [-0.15, -0.1) is 11.3 Å². The van der Waals surface area contributed by atoms with Crippen molar-refractivity contribution in [3.05, 3.63) is 45.9 Å². The Morgan fingerprint density at radius 1 is 1.21 bits per heavy atom. The molecule has 2 heterocycles. The molecule has 0 unspecified atom stereocenters. The number of hydrogen-bond donors (Lipinski definition) is 1. The van der Waals surface area contributed by atoms with Gasteiger partial charge in [-0.25, -0.2) is 13.8 Å². The summed E-state index contributed by atoms with van der Waals surface area (Å²) in [6.07, 6.45) is -4.46. The lowest BCUT2D eigenvalue weighted by molar-refractivity contribution is -0.140. The molecule has 1 aromatic heterocycles. The molecule has 1 N–H and O–H groups in total. The van der Waals surface area contributed by atoms with Gasteiger partial charge in [0.25, 0.3) is 0 Å². The quantitative estimate of drug-likeness (QED) is 0.471. The van der Waals surface area contributed by atoms with Crippen LogP contribution in [-0.2, 0) is 12.7 Å². The van der Waals surface area contributed by atoms with Crippen LogP contribution >= 0.6 is 11.3 Å². The molecule has 152 valence electrons. The standard InChI is InChI=1S/C17H18F5N5S/c1-23-16(24-9-15-25-14(10-28-15)17(20,21)22)27-6-4-26(5-7-27)13-8-11(18)2-3-12(13)19/h2-3,8,10H,4-7,9H2,1H3,(H,23,24). The number of halogens is 5. The molecule has 1 saturated heterocycles. The maximum Gasteiger partial charge on any atom is 0.434 e. The van der Waals surface area contributed by atoms with Crippen molar-refractivity contribution in [1.29, 1.82) is 0 Å². The zero-order valence-electron chi connectivity index (χ0n) is 14.9. The van der Waals surface area contributed by atoms with Crippen LogP contribution in [0.15, 0.2) is 28.6 Å². The average Bonchev–Trinajstić information content (AvgIpc) is 3.14. The molecule has 0 bridgehead atoms. The number of guanidine groups is 1. The molecule has 1 fully saturated rings. The largest absolute Gasteiger partial charge is 0.434 e. The summed E-state index contributed by atoms with van der Waals surface area (Å²) in [4.78, 5) is 11.4. The molecule has 1 aliphatic heterocycles. The van der Waals surface area contributed by atoms with Crippen molar-refractivity contribution in [1.82, 2.24) is 15.2 Å². The van der Waals surface area contributed by atoms with Crippen molar-refractivity contribution >= 4 is 23.0 Å². The van der Waals surface area contributed by atoms with Crippen LogP contribution < -0.4 is 10.2 Å². The van der Waals surface area contributed by atoms with Gasteiger partial charge in [-0.2, -0.15) is 13.2 Å². The third kappa shape index (κ3) is 4.70. The van der Waals surface area contributed by atoms with E-state index in [4.69, 9.17) is 0 Å². The number of nitrogens with zero attached hydrogens (tertiary/aromatic N) is 4. The van der Waals surface area contributed by atoms with E-state index in [1.165, 1.54) is 6.07 Å². The first-order valence-electron chi connectivity index (χ1n) is 8.45. The molecule has 1 aliphatic rings. The normalized spacial score (nSPS) is 15.9. The molecule has 5 nitrogen and oxygen atoms in total. The van der Waals surface area contributed by atoms with Crippen LogP contribution in [-0.4, -0.2) is 49.1 Å². The number of piperazine rings is 1. The van der Waals surface area contributed by atoms with Gasteiger partial charge in [-0.05, 0) is 12.1 Å².